The molecule has 0 fully saturated rings. The zero-order valence-electron chi connectivity index (χ0n) is 21.1. The van der Waals surface area contributed by atoms with Gasteiger partial charge in [0.05, 0.1) is 7.11 Å². The van der Waals surface area contributed by atoms with Crippen LogP contribution < -0.4 is 18.9 Å². The van der Waals surface area contributed by atoms with E-state index in [9.17, 15) is 4.79 Å². The highest BCUT2D eigenvalue weighted by atomic mass is 16.5. The van der Waals surface area contributed by atoms with E-state index in [1.54, 1.807) is 31.4 Å². The monoisotopic (exact) mass is 502 g/mol. The molecule has 0 radical (unpaired) electrons. The van der Waals surface area contributed by atoms with E-state index in [0.717, 1.165) is 11.3 Å². The van der Waals surface area contributed by atoms with Crippen molar-refractivity contribution >= 4 is 5.78 Å². The molecule has 5 rings (SSSR count). The summed E-state index contributed by atoms with van der Waals surface area (Å²) in [7, 11) is 1.62. The predicted octanol–water partition coefficient (Wildman–Crippen LogP) is 8.61. The Kier molecular flexibility index (Phi) is 7.37. The van der Waals surface area contributed by atoms with Gasteiger partial charge in [-0.05, 0) is 79.7 Å². The van der Waals surface area contributed by atoms with Gasteiger partial charge in [-0.3, -0.25) is 4.79 Å². The molecule has 5 nitrogen and oxygen atoms in total. The van der Waals surface area contributed by atoms with E-state index in [1.807, 2.05) is 104 Å². The zero-order chi connectivity index (χ0) is 26.3. The number of aryl methyl sites for hydroxylation is 1. The second kappa shape index (κ2) is 11.4. The van der Waals surface area contributed by atoms with E-state index in [-0.39, 0.29) is 5.78 Å². The van der Waals surface area contributed by atoms with Crippen molar-refractivity contribution in [3.8, 4) is 40.2 Å². The topological polar surface area (TPSA) is 54.0 Å². The first kappa shape index (κ1) is 24.7. The Morgan fingerprint density at radius 1 is 0.474 bits per heavy atom. The van der Waals surface area contributed by atoms with Gasteiger partial charge in [-0.2, -0.15) is 0 Å². The van der Waals surface area contributed by atoms with Crippen LogP contribution in [0.4, 0.5) is 0 Å². The number of benzene rings is 5. The van der Waals surface area contributed by atoms with Crippen LogP contribution >= 0.6 is 0 Å². The lowest BCUT2D eigenvalue weighted by Gasteiger charge is -2.11. The third kappa shape index (κ3) is 6.20. The number of hydrogen-bond donors (Lipinski definition) is 0. The molecule has 38 heavy (non-hydrogen) atoms. The molecule has 5 heteroatoms. The van der Waals surface area contributed by atoms with Crippen LogP contribution in [-0.2, 0) is 0 Å². The largest absolute Gasteiger partial charge is 0.497 e. The number of methoxy groups -OCH3 is 1. The molecule has 188 valence electrons. The van der Waals surface area contributed by atoms with Gasteiger partial charge >= 0.3 is 0 Å². The van der Waals surface area contributed by atoms with E-state index < -0.39 is 0 Å². The quantitative estimate of drug-likeness (QED) is 0.189. The number of carbonyl (C=O) groups is 1. The molecule has 0 atom stereocenters. The fourth-order valence-corrected chi connectivity index (χ4v) is 3.80. The van der Waals surface area contributed by atoms with Gasteiger partial charge in [0.1, 0.15) is 40.2 Å². The van der Waals surface area contributed by atoms with Crippen LogP contribution in [0.25, 0.3) is 0 Å². The minimum atomic E-state index is -0.0214. The van der Waals surface area contributed by atoms with Gasteiger partial charge in [0.2, 0.25) is 0 Å². The maximum atomic E-state index is 12.7. The Hall–Kier alpha value is -5.03. The van der Waals surface area contributed by atoms with Gasteiger partial charge in [-0.1, -0.05) is 42.0 Å². The lowest BCUT2D eigenvalue weighted by Crippen LogP contribution is -2.00. The molecule has 0 aromatic heterocycles. The molecular formula is C33H26O5. The average molecular weight is 503 g/mol. The molecule has 0 amide bonds. The van der Waals surface area contributed by atoms with Gasteiger partial charge in [-0.15, -0.1) is 0 Å². The highest BCUT2D eigenvalue weighted by Gasteiger charge is 2.09. The number of hydrogen-bond acceptors (Lipinski definition) is 5. The van der Waals surface area contributed by atoms with Crippen molar-refractivity contribution in [1.29, 1.82) is 0 Å². The smallest absolute Gasteiger partial charge is 0.193 e. The lowest BCUT2D eigenvalue weighted by molar-refractivity contribution is 0.103. The summed E-state index contributed by atoms with van der Waals surface area (Å²) in [6, 6.07) is 36.9. The first-order valence-electron chi connectivity index (χ1n) is 12.1. The normalized spacial score (nSPS) is 10.5. The summed E-state index contributed by atoms with van der Waals surface area (Å²) >= 11 is 0. The van der Waals surface area contributed by atoms with Gasteiger partial charge in [0.15, 0.2) is 5.78 Å². The molecular weight excluding hydrogens is 476 g/mol. The van der Waals surface area contributed by atoms with Crippen LogP contribution in [0.2, 0.25) is 0 Å². The van der Waals surface area contributed by atoms with E-state index in [0.29, 0.717) is 45.6 Å². The van der Waals surface area contributed by atoms with E-state index in [1.165, 1.54) is 0 Å². The molecule has 0 bridgehead atoms. The number of ether oxygens (including phenoxy) is 4. The molecule has 0 saturated carbocycles. The third-order valence-corrected chi connectivity index (χ3v) is 5.81. The maximum absolute atomic E-state index is 12.7. The fraction of sp³-hybridized carbons (Fsp3) is 0.0606. The van der Waals surface area contributed by atoms with E-state index in [2.05, 4.69) is 0 Å². The Bertz CT molecular complexity index is 1520. The molecule has 0 aliphatic heterocycles. The Labute approximate surface area is 221 Å². The van der Waals surface area contributed by atoms with Crippen LogP contribution in [0.5, 0.6) is 40.2 Å². The molecule has 0 aliphatic rings. The van der Waals surface area contributed by atoms with E-state index >= 15 is 0 Å². The lowest BCUT2D eigenvalue weighted by atomic mass is 10.0. The molecule has 5 aromatic carbocycles. The van der Waals surface area contributed by atoms with Crippen molar-refractivity contribution < 1.29 is 23.7 Å². The number of carbonyl (C=O) groups excluding carboxylic acids is 1. The van der Waals surface area contributed by atoms with Crippen molar-refractivity contribution in [2.45, 2.75) is 6.92 Å². The van der Waals surface area contributed by atoms with Crippen LogP contribution in [0.15, 0.2) is 121 Å². The van der Waals surface area contributed by atoms with Gasteiger partial charge < -0.3 is 18.9 Å². The van der Waals surface area contributed by atoms with Crippen molar-refractivity contribution in [3.05, 3.63) is 138 Å². The summed E-state index contributed by atoms with van der Waals surface area (Å²) in [5.41, 5.74) is 2.39. The predicted molar refractivity (Wildman–Crippen MR) is 147 cm³/mol. The van der Waals surface area contributed by atoms with Crippen molar-refractivity contribution in [3.63, 3.8) is 0 Å². The Morgan fingerprint density at radius 2 is 0.842 bits per heavy atom. The van der Waals surface area contributed by atoms with Crippen LogP contribution in [0.3, 0.4) is 0 Å². The first-order chi connectivity index (χ1) is 18.6. The van der Waals surface area contributed by atoms with Gasteiger partial charge in [0.25, 0.3) is 0 Å². The number of ketones is 1. The number of rotatable bonds is 9. The summed E-state index contributed by atoms with van der Waals surface area (Å²) in [6.07, 6.45) is 0. The first-order valence-corrected chi connectivity index (χ1v) is 12.1. The highest BCUT2D eigenvalue weighted by Crippen LogP contribution is 2.31. The maximum Gasteiger partial charge on any atom is 0.193 e. The minimum Gasteiger partial charge on any atom is -0.497 e. The summed E-state index contributed by atoms with van der Waals surface area (Å²) in [6.45, 7) is 2.00. The SMILES string of the molecule is COc1cccc(Oc2ccc(Oc3cccc(Oc4ccc(C(=O)c5ccc(C)cc5)cc4)c3)cc2)c1. The van der Waals surface area contributed by atoms with Gasteiger partial charge in [-0.25, -0.2) is 0 Å². The minimum absolute atomic E-state index is 0.0214. The third-order valence-electron chi connectivity index (χ3n) is 5.81. The second-order valence-corrected chi connectivity index (χ2v) is 8.65. The van der Waals surface area contributed by atoms with Crippen LogP contribution in [0.1, 0.15) is 21.5 Å². The van der Waals surface area contributed by atoms with Crippen LogP contribution in [0, 0.1) is 6.92 Å². The molecule has 0 N–H and O–H groups in total. The Balaban J connectivity index is 1.21. The van der Waals surface area contributed by atoms with Crippen molar-refractivity contribution in [2.75, 3.05) is 7.11 Å². The second-order valence-electron chi connectivity index (χ2n) is 8.65. The summed E-state index contributed by atoms with van der Waals surface area (Å²) in [5.74, 6) is 4.64. The standard InChI is InChI=1S/C33H26O5/c1-23-9-11-24(12-10-23)33(34)25-13-15-26(16-14-25)36-31-7-4-8-32(22-31)38-28-19-17-27(18-20-28)37-30-6-3-5-29(21-30)35-2/h3-22H,1-2H3. The zero-order valence-corrected chi connectivity index (χ0v) is 21.1. The summed E-state index contributed by atoms with van der Waals surface area (Å²) in [4.78, 5) is 12.7. The van der Waals surface area contributed by atoms with Gasteiger partial charge in [0, 0.05) is 23.3 Å². The molecule has 0 spiro atoms. The fourth-order valence-electron chi connectivity index (χ4n) is 3.80. The average Bonchev–Trinajstić information content (AvgIpc) is 2.95. The van der Waals surface area contributed by atoms with Crippen molar-refractivity contribution in [2.24, 2.45) is 0 Å². The summed E-state index contributed by atoms with van der Waals surface area (Å²) < 4.78 is 23.1. The Morgan fingerprint density at radius 3 is 1.29 bits per heavy atom. The molecule has 0 saturated heterocycles. The molecule has 0 unspecified atom stereocenters. The summed E-state index contributed by atoms with van der Waals surface area (Å²) in [5, 5.41) is 0. The highest BCUT2D eigenvalue weighted by molar-refractivity contribution is 6.09. The molecule has 5 aromatic rings. The molecule has 0 aliphatic carbocycles. The van der Waals surface area contributed by atoms with Crippen molar-refractivity contribution in [1.82, 2.24) is 0 Å². The van der Waals surface area contributed by atoms with Crippen LogP contribution in [-0.4, -0.2) is 12.9 Å². The van der Waals surface area contributed by atoms with E-state index in [4.69, 9.17) is 18.9 Å². The molecule has 0 heterocycles.